The second kappa shape index (κ2) is 6.89. The van der Waals surface area contributed by atoms with Gasteiger partial charge in [-0.05, 0) is 39.3 Å². The highest BCUT2D eigenvalue weighted by Crippen LogP contribution is 2.29. The Morgan fingerprint density at radius 3 is 2.79 bits per heavy atom. The Morgan fingerprint density at radius 2 is 2.12 bits per heavy atom. The molecule has 1 aliphatic heterocycles. The van der Waals surface area contributed by atoms with Crippen molar-refractivity contribution in [3.8, 4) is 0 Å². The number of carbonyl (C=O) groups excluding carboxylic acids is 1. The molecule has 0 saturated carbocycles. The van der Waals surface area contributed by atoms with Crippen LogP contribution in [0.1, 0.15) is 39.3 Å². The number of anilines is 1. The highest BCUT2D eigenvalue weighted by Gasteiger charge is 2.29. The van der Waals surface area contributed by atoms with Crippen LogP contribution >= 0.6 is 11.3 Å². The summed E-state index contributed by atoms with van der Waals surface area (Å²) in [6.07, 6.45) is 1.44. The molecule has 6 heteroatoms. The molecule has 0 radical (unpaired) electrons. The lowest BCUT2D eigenvalue weighted by molar-refractivity contribution is -0.129. The molecular formula is C18H24N4OS. The summed E-state index contributed by atoms with van der Waals surface area (Å²) >= 11 is 1.63. The average molecular weight is 344 g/mol. The van der Waals surface area contributed by atoms with Gasteiger partial charge in [0.15, 0.2) is 0 Å². The standard InChI is InChI=1S/C18H24N4OS/c1-11-7-15(19-4)8-16(20-11)14-5-6-22(10-14)18(23)9-17-12(2)21-13(3)24-17/h7-8,14H,5-6,9-10H2,1-4H3,(H,19,20)/t14-/m1/s1. The molecule has 2 aromatic rings. The lowest BCUT2D eigenvalue weighted by Crippen LogP contribution is -2.29. The molecular weight excluding hydrogens is 320 g/mol. The van der Waals surface area contributed by atoms with Gasteiger partial charge in [-0.1, -0.05) is 0 Å². The van der Waals surface area contributed by atoms with Gasteiger partial charge in [0.2, 0.25) is 5.91 Å². The molecule has 128 valence electrons. The third-order valence-electron chi connectivity index (χ3n) is 4.53. The normalized spacial score (nSPS) is 17.3. The fraction of sp³-hybridized carbons (Fsp3) is 0.500. The van der Waals surface area contributed by atoms with Crippen LogP contribution in [0.4, 0.5) is 5.69 Å². The minimum atomic E-state index is 0.200. The van der Waals surface area contributed by atoms with Gasteiger partial charge in [-0.2, -0.15) is 0 Å². The molecule has 3 rings (SSSR count). The number of nitrogens with one attached hydrogen (secondary N) is 1. The zero-order valence-corrected chi connectivity index (χ0v) is 15.5. The number of thiazole rings is 1. The molecule has 2 aromatic heterocycles. The van der Waals surface area contributed by atoms with Gasteiger partial charge in [-0.3, -0.25) is 9.78 Å². The van der Waals surface area contributed by atoms with Gasteiger partial charge in [0.1, 0.15) is 0 Å². The molecule has 0 unspecified atom stereocenters. The Morgan fingerprint density at radius 1 is 1.33 bits per heavy atom. The van der Waals surface area contributed by atoms with E-state index in [1.54, 1.807) is 11.3 Å². The number of nitrogens with zero attached hydrogens (tertiary/aromatic N) is 3. The fourth-order valence-electron chi connectivity index (χ4n) is 3.26. The fourth-order valence-corrected chi connectivity index (χ4v) is 4.19. The molecule has 1 N–H and O–H groups in total. The van der Waals surface area contributed by atoms with Crippen molar-refractivity contribution in [2.24, 2.45) is 0 Å². The van der Waals surface area contributed by atoms with Crippen molar-refractivity contribution >= 4 is 22.9 Å². The predicted octanol–water partition coefficient (Wildman–Crippen LogP) is 3.06. The third kappa shape index (κ3) is 3.59. The van der Waals surface area contributed by atoms with Gasteiger partial charge >= 0.3 is 0 Å². The zero-order valence-electron chi connectivity index (χ0n) is 14.7. The summed E-state index contributed by atoms with van der Waals surface area (Å²) in [4.78, 5) is 24.8. The highest BCUT2D eigenvalue weighted by molar-refractivity contribution is 7.11. The first kappa shape index (κ1) is 16.9. The summed E-state index contributed by atoms with van der Waals surface area (Å²) < 4.78 is 0. The molecule has 3 heterocycles. The van der Waals surface area contributed by atoms with Crippen molar-refractivity contribution in [2.75, 3.05) is 25.5 Å². The van der Waals surface area contributed by atoms with Gasteiger partial charge in [0.05, 0.1) is 17.1 Å². The predicted molar refractivity (Wildman–Crippen MR) is 97.8 cm³/mol. The van der Waals surface area contributed by atoms with E-state index < -0.39 is 0 Å². The van der Waals surface area contributed by atoms with E-state index in [9.17, 15) is 4.79 Å². The summed E-state index contributed by atoms with van der Waals surface area (Å²) in [5, 5.41) is 4.21. The molecule has 5 nitrogen and oxygen atoms in total. The lowest BCUT2D eigenvalue weighted by Gasteiger charge is -2.17. The maximum Gasteiger partial charge on any atom is 0.227 e. The number of amides is 1. The van der Waals surface area contributed by atoms with Crippen molar-refractivity contribution in [3.63, 3.8) is 0 Å². The monoisotopic (exact) mass is 344 g/mol. The number of hydrogen-bond donors (Lipinski definition) is 1. The van der Waals surface area contributed by atoms with Crippen LogP contribution in [0.2, 0.25) is 0 Å². The van der Waals surface area contributed by atoms with Crippen molar-refractivity contribution in [1.82, 2.24) is 14.9 Å². The van der Waals surface area contributed by atoms with E-state index in [2.05, 4.69) is 21.4 Å². The first-order valence-corrected chi connectivity index (χ1v) is 9.15. The Balaban J connectivity index is 1.67. The summed E-state index contributed by atoms with van der Waals surface area (Å²) in [5.41, 5.74) is 4.16. The van der Waals surface area contributed by atoms with E-state index in [1.807, 2.05) is 38.8 Å². The van der Waals surface area contributed by atoms with Gasteiger partial charge in [-0.25, -0.2) is 4.98 Å². The maximum absolute atomic E-state index is 12.6. The number of hydrogen-bond acceptors (Lipinski definition) is 5. The minimum Gasteiger partial charge on any atom is -0.388 e. The second-order valence-electron chi connectivity index (χ2n) is 6.42. The smallest absolute Gasteiger partial charge is 0.227 e. The SMILES string of the molecule is CNc1cc(C)nc([C@@H]2CCN(C(=O)Cc3sc(C)nc3C)C2)c1. The number of likely N-dealkylation sites (tertiary alicyclic amines) is 1. The van der Waals surface area contributed by atoms with Crippen LogP contribution in [0, 0.1) is 20.8 Å². The Labute approximate surface area is 147 Å². The van der Waals surface area contributed by atoms with Gasteiger partial charge < -0.3 is 10.2 Å². The van der Waals surface area contributed by atoms with Crippen molar-refractivity contribution in [1.29, 1.82) is 0 Å². The zero-order chi connectivity index (χ0) is 17.3. The molecule has 1 amide bonds. The summed E-state index contributed by atoms with van der Waals surface area (Å²) in [5.74, 6) is 0.524. The summed E-state index contributed by atoms with van der Waals surface area (Å²) in [6.45, 7) is 7.55. The molecule has 1 saturated heterocycles. The van der Waals surface area contributed by atoms with E-state index in [0.29, 0.717) is 12.3 Å². The van der Waals surface area contributed by atoms with Gasteiger partial charge in [0, 0.05) is 48.0 Å². The van der Waals surface area contributed by atoms with E-state index in [1.165, 1.54) is 0 Å². The Bertz CT molecular complexity index is 755. The lowest BCUT2D eigenvalue weighted by atomic mass is 10.0. The molecule has 0 aromatic carbocycles. The topological polar surface area (TPSA) is 58.1 Å². The van der Waals surface area contributed by atoms with Crippen molar-refractivity contribution in [2.45, 2.75) is 39.5 Å². The van der Waals surface area contributed by atoms with E-state index in [0.717, 1.165) is 52.2 Å². The largest absolute Gasteiger partial charge is 0.388 e. The molecule has 0 bridgehead atoms. The minimum absolute atomic E-state index is 0.200. The maximum atomic E-state index is 12.6. The van der Waals surface area contributed by atoms with Crippen LogP contribution in [0.5, 0.6) is 0 Å². The molecule has 0 spiro atoms. The summed E-state index contributed by atoms with van der Waals surface area (Å²) in [6, 6.07) is 4.14. The van der Waals surface area contributed by atoms with Crippen LogP contribution in [0.25, 0.3) is 0 Å². The number of pyridine rings is 1. The Kier molecular flexibility index (Phi) is 4.85. The van der Waals surface area contributed by atoms with Crippen LogP contribution in [0.3, 0.4) is 0 Å². The molecule has 0 aliphatic carbocycles. The first-order chi connectivity index (χ1) is 11.5. The second-order valence-corrected chi connectivity index (χ2v) is 7.70. The molecule has 1 fully saturated rings. The molecule has 1 atom stereocenters. The highest BCUT2D eigenvalue weighted by atomic mass is 32.1. The van der Waals surface area contributed by atoms with Crippen molar-refractivity contribution < 1.29 is 4.79 Å². The average Bonchev–Trinajstić information content (AvgIpc) is 3.14. The Hall–Kier alpha value is -1.95. The molecule has 1 aliphatic rings. The van der Waals surface area contributed by atoms with Crippen LogP contribution in [0.15, 0.2) is 12.1 Å². The van der Waals surface area contributed by atoms with Crippen molar-refractivity contribution in [3.05, 3.63) is 39.1 Å². The van der Waals surface area contributed by atoms with Crippen LogP contribution < -0.4 is 5.32 Å². The number of rotatable bonds is 4. The van der Waals surface area contributed by atoms with E-state index in [-0.39, 0.29) is 5.91 Å². The molecule has 24 heavy (non-hydrogen) atoms. The first-order valence-electron chi connectivity index (χ1n) is 8.33. The number of aromatic nitrogens is 2. The van der Waals surface area contributed by atoms with Crippen LogP contribution in [-0.4, -0.2) is 40.9 Å². The third-order valence-corrected chi connectivity index (χ3v) is 5.61. The number of carbonyl (C=O) groups is 1. The summed E-state index contributed by atoms with van der Waals surface area (Å²) in [7, 11) is 1.92. The number of aryl methyl sites for hydroxylation is 3. The van der Waals surface area contributed by atoms with E-state index in [4.69, 9.17) is 0 Å². The quantitative estimate of drug-likeness (QED) is 0.926. The van der Waals surface area contributed by atoms with Gasteiger partial charge in [-0.15, -0.1) is 11.3 Å². The van der Waals surface area contributed by atoms with E-state index >= 15 is 0 Å². The van der Waals surface area contributed by atoms with Gasteiger partial charge in [0.25, 0.3) is 0 Å². The van der Waals surface area contributed by atoms with Crippen LogP contribution in [-0.2, 0) is 11.2 Å².